The molecular formula is C17H33N. The molecule has 4 atom stereocenters. The molecule has 1 nitrogen and oxygen atoms in total. The van der Waals surface area contributed by atoms with Crippen LogP contribution >= 0.6 is 0 Å². The van der Waals surface area contributed by atoms with Crippen molar-refractivity contribution in [1.82, 2.24) is 5.32 Å². The second kappa shape index (κ2) is 7.53. The molecule has 4 unspecified atom stereocenters. The first kappa shape index (κ1) is 14.4. The highest BCUT2D eigenvalue weighted by Gasteiger charge is 2.20. The van der Waals surface area contributed by atoms with Crippen LogP contribution in [-0.4, -0.2) is 13.1 Å². The molecule has 0 saturated heterocycles. The van der Waals surface area contributed by atoms with Crippen molar-refractivity contribution in [1.29, 1.82) is 0 Å². The zero-order valence-corrected chi connectivity index (χ0v) is 12.6. The lowest BCUT2D eigenvalue weighted by molar-refractivity contribution is 0.253. The summed E-state index contributed by atoms with van der Waals surface area (Å²) < 4.78 is 0. The summed E-state index contributed by atoms with van der Waals surface area (Å²) in [5.74, 6) is 3.96. The van der Waals surface area contributed by atoms with Gasteiger partial charge in [0.1, 0.15) is 0 Å². The highest BCUT2D eigenvalue weighted by molar-refractivity contribution is 4.74. The summed E-state index contributed by atoms with van der Waals surface area (Å²) in [6.07, 6.45) is 13.2. The van der Waals surface area contributed by atoms with Crippen LogP contribution in [-0.2, 0) is 0 Å². The molecule has 0 heterocycles. The van der Waals surface area contributed by atoms with E-state index in [0.717, 1.165) is 23.7 Å². The van der Waals surface area contributed by atoms with Crippen molar-refractivity contribution < 1.29 is 0 Å². The van der Waals surface area contributed by atoms with E-state index in [9.17, 15) is 0 Å². The summed E-state index contributed by atoms with van der Waals surface area (Å²) >= 11 is 0. The Hall–Kier alpha value is -0.0400. The van der Waals surface area contributed by atoms with Crippen LogP contribution in [0.4, 0.5) is 0 Å². The molecule has 2 rings (SSSR count). The highest BCUT2D eigenvalue weighted by Crippen LogP contribution is 2.30. The van der Waals surface area contributed by atoms with E-state index >= 15 is 0 Å². The first-order valence-corrected chi connectivity index (χ1v) is 8.44. The van der Waals surface area contributed by atoms with E-state index < -0.39 is 0 Å². The molecule has 2 fully saturated rings. The highest BCUT2D eigenvalue weighted by atomic mass is 14.9. The molecule has 2 saturated carbocycles. The third-order valence-corrected chi connectivity index (χ3v) is 5.25. The van der Waals surface area contributed by atoms with Crippen molar-refractivity contribution >= 4 is 0 Å². The summed E-state index contributed by atoms with van der Waals surface area (Å²) in [6, 6.07) is 0. The molecule has 1 N–H and O–H groups in total. The lowest BCUT2D eigenvalue weighted by Gasteiger charge is -2.28. The van der Waals surface area contributed by atoms with Gasteiger partial charge in [-0.15, -0.1) is 0 Å². The molecule has 1 heteroatoms. The fourth-order valence-electron chi connectivity index (χ4n) is 4.18. The largest absolute Gasteiger partial charge is 0.316 e. The Bertz CT molecular complexity index is 202. The first-order valence-electron chi connectivity index (χ1n) is 8.44. The molecule has 0 bridgehead atoms. The summed E-state index contributed by atoms with van der Waals surface area (Å²) in [7, 11) is 0. The standard InChI is InChI=1S/C17H33N/c1-14-5-3-7-16(11-14)9-10-18-13-17-8-4-6-15(2)12-17/h14-18H,3-13H2,1-2H3. The Morgan fingerprint density at radius 1 is 0.833 bits per heavy atom. The van der Waals surface area contributed by atoms with E-state index in [4.69, 9.17) is 0 Å². The van der Waals surface area contributed by atoms with Crippen LogP contribution in [0.2, 0.25) is 0 Å². The maximum atomic E-state index is 3.74. The lowest BCUT2D eigenvalue weighted by Crippen LogP contribution is -2.28. The predicted molar refractivity (Wildman–Crippen MR) is 79.7 cm³/mol. The molecule has 0 radical (unpaired) electrons. The van der Waals surface area contributed by atoms with Crippen LogP contribution < -0.4 is 5.32 Å². The van der Waals surface area contributed by atoms with Gasteiger partial charge in [0.15, 0.2) is 0 Å². The maximum Gasteiger partial charge on any atom is -0.00204 e. The summed E-state index contributed by atoms with van der Waals surface area (Å²) in [5.41, 5.74) is 0. The van der Waals surface area contributed by atoms with Crippen molar-refractivity contribution in [3.63, 3.8) is 0 Å². The Morgan fingerprint density at radius 2 is 1.44 bits per heavy atom. The zero-order chi connectivity index (χ0) is 12.8. The van der Waals surface area contributed by atoms with Crippen LogP contribution in [0.3, 0.4) is 0 Å². The lowest BCUT2D eigenvalue weighted by atomic mass is 9.80. The summed E-state index contributed by atoms with van der Waals surface area (Å²) in [6.45, 7) is 7.41. The summed E-state index contributed by atoms with van der Waals surface area (Å²) in [4.78, 5) is 0. The van der Waals surface area contributed by atoms with E-state index in [1.165, 1.54) is 70.9 Å². The number of rotatable bonds is 5. The van der Waals surface area contributed by atoms with Crippen LogP contribution in [0.5, 0.6) is 0 Å². The molecule has 18 heavy (non-hydrogen) atoms. The summed E-state index contributed by atoms with van der Waals surface area (Å²) in [5, 5.41) is 3.74. The van der Waals surface area contributed by atoms with Gasteiger partial charge in [-0.25, -0.2) is 0 Å². The van der Waals surface area contributed by atoms with E-state index in [1.54, 1.807) is 0 Å². The molecule has 2 aliphatic carbocycles. The SMILES string of the molecule is CC1CCCC(CCNCC2CCCC(C)C2)C1. The van der Waals surface area contributed by atoms with Gasteiger partial charge in [-0.1, -0.05) is 46.0 Å². The van der Waals surface area contributed by atoms with Crippen molar-refractivity contribution in [3.05, 3.63) is 0 Å². The van der Waals surface area contributed by atoms with Crippen molar-refractivity contribution in [3.8, 4) is 0 Å². The smallest absolute Gasteiger partial charge is 0.00204 e. The quantitative estimate of drug-likeness (QED) is 0.703. The predicted octanol–water partition coefficient (Wildman–Crippen LogP) is 4.62. The molecule has 2 aliphatic rings. The second-order valence-corrected chi connectivity index (χ2v) is 7.27. The van der Waals surface area contributed by atoms with E-state index in [-0.39, 0.29) is 0 Å². The molecule has 0 aliphatic heterocycles. The van der Waals surface area contributed by atoms with E-state index in [2.05, 4.69) is 19.2 Å². The van der Waals surface area contributed by atoms with Crippen molar-refractivity contribution in [2.45, 2.75) is 71.6 Å². The third-order valence-electron chi connectivity index (χ3n) is 5.25. The van der Waals surface area contributed by atoms with Gasteiger partial charge in [-0.2, -0.15) is 0 Å². The zero-order valence-electron chi connectivity index (χ0n) is 12.6. The monoisotopic (exact) mass is 251 g/mol. The number of hydrogen-bond acceptors (Lipinski definition) is 1. The Balaban J connectivity index is 1.52. The molecule has 106 valence electrons. The van der Waals surface area contributed by atoms with Crippen molar-refractivity contribution in [2.24, 2.45) is 23.7 Å². The second-order valence-electron chi connectivity index (χ2n) is 7.27. The van der Waals surface area contributed by atoms with Crippen LogP contribution in [0.1, 0.15) is 71.6 Å². The van der Waals surface area contributed by atoms with Gasteiger partial charge in [-0.05, 0) is 62.4 Å². The van der Waals surface area contributed by atoms with Gasteiger partial charge in [0, 0.05) is 0 Å². The first-order chi connectivity index (χ1) is 8.74. The third kappa shape index (κ3) is 4.91. The fraction of sp³-hybridized carbons (Fsp3) is 1.00. The minimum atomic E-state index is 0.971. The number of hydrogen-bond donors (Lipinski definition) is 1. The van der Waals surface area contributed by atoms with Gasteiger partial charge in [0.2, 0.25) is 0 Å². The molecule has 0 aromatic carbocycles. The topological polar surface area (TPSA) is 12.0 Å². The van der Waals surface area contributed by atoms with Gasteiger partial charge in [0.05, 0.1) is 0 Å². The van der Waals surface area contributed by atoms with E-state index in [0.29, 0.717) is 0 Å². The van der Waals surface area contributed by atoms with Crippen LogP contribution in [0, 0.1) is 23.7 Å². The van der Waals surface area contributed by atoms with Gasteiger partial charge < -0.3 is 5.32 Å². The van der Waals surface area contributed by atoms with Gasteiger partial charge in [0.25, 0.3) is 0 Å². The fourth-order valence-corrected chi connectivity index (χ4v) is 4.18. The average molecular weight is 251 g/mol. The van der Waals surface area contributed by atoms with Crippen LogP contribution in [0.25, 0.3) is 0 Å². The molecule has 0 aromatic rings. The minimum Gasteiger partial charge on any atom is -0.316 e. The molecule has 0 amide bonds. The van der Waals surface area contributed by atoms with Crippen LogP contribution in [0.15, 0.2) is 0 Å². The Labute approximate surface area is 114 Å². The number of nitrogens with one attached hydrogen (secondary N) is 1. The maximum absolute atomic E-state index is 3.74. The molecule has 0 spiro atoms. The Morgan fingerprint density at radius 3 is 2.11 bits per heavy atom. The average Bonchev–Trinajstić information content (AvgIpc) is 2.35. The Kier molecular flexibility index (Phi) is 6.01. The minimum absolute atomic E-state index is 0.971. The molecular weight excluding hydrogens is 218 g/mol. The van der Waals surface area contributed by atoms with E-state index in [1.807, 2.05) is 0 Å². The van der Waals surface area contributed by atoms with Gasteiger partial charge >= 0.3 is 0 Å². The normalized spacial score (nSPS) is 37.7. The van der Waals surface area contributed by atoms with Crippen molar-refractivity contribution in [2.75, 3.05) is 13.1 Å². The van der Waals surface area contributed by atoms with Gasteiger partial charge in [-0.3, -0.25) is 0 Å². The molecule has 0 aromatic heterocycles.